The minimum Gasteiger partial charge on any atom is -0.356 e. The standard InChI is InChI=1S/C23H30N8O/c1-24-21(31(3)19-11-23(12-19)6-7-23)14-25-8-9-28-30(2)15-22(32)29-18-4-5-20-17(10-18)13-26-16-27-20/h4-5,9-10,13-14,16,19H,6-8,11-12,15H2,1-3H3,(H,29,32)/b24-21+,25-14-,28-9-. The van der Waals surface area contributed by atoms with E-state index in [4.69, 9.17) is 0 Å². The van der Waals surface area contributed by atoms with Gasteiger partial charge in [-0.15, -0.1) is 0 Å². The highest BCUT2D eigenvalue weighted by atomic mass is 16.2. The zero-order valence-corrected chi connectivity index (χ0v) is 18.9. The number of nitrogens with one attached hydrogen (secondary N) is 1. The SMILES string of the molecule is C/N=C(\C=N/C/C=N\N(C)CC(=O)Nc1ccc2ncncc2c1)N(C)C1CC2(CC2)C1. The number of aliphatic imine (C=N–C) groups is 2. The summed E-state index contributed by atoms with van der Waals surface area (Å²) in [5, 5.41) is 9.60. The summed E-state index contributed by atoms with van der Waals surface area (Å²) >= 11 is 0. The van der Waals surface area contributed by atoms with Gasteiger partial charge in [-0.1, -0.05) is 0 Å². The number of rotatable bonds is 8. The van der Waals surface area contributed by atoms with Gasteiger partial charge in [0.1, 0.15) is 18.7 Å². The Morgan fingerprint density at radius 3 is 2.88 bits per heavy atom. The highest BCUT2D eigenvalue weighted by Gasteiger charge is 2.54. The molecule has 1 N–H and O–H groups in total. The first-order valence-electron chi connectivity index (χ1n) is 10.9. The number of carbonyl (C=O) groups excluding carboxylic acids is 1. The van der Waals surface area contributed by atoms with Crippen LogP contribution >= 0.6 is 0 Å². The Hall–Kier alpha value is -3.36. The molecule has 1 heterocycles. The van der Waals surface area contributed by atoms with Gasteiger partial charge in [-0.25, -0.2) is 9.97 Å². The number of likely N-dealkylation sites (N-methyl/N-ethyl adjacent to an activating group) is 1. The quantitative estimate of drug-likeness (QED) is 0.391. The molecule has 2 saturated carbocycles. The van der Waals surface area contributed by atoms with Crippen molar-refractivity contribution in [2.24, 2.45) is 20.5 Å². The summed E-state index contributed by atoms with van der Waals surface area (Å²) < 4.78 is 0. The number of fused-ring (bicyclic) bond motifs is 1. The van der Waals surface area contributed by atoms with E-state index < -0.39 is 0 Å². The van der Waals surface area contributed by atoms with Crippen molar-refractivity contribution >= 4 is 40.8 Å². The number of nitrogens with zero attached hydrogens (tertiary/aromatic N) is 7. The maximum Gasteiger partial charge on any atom is 0.245 e. The number of hydrogen-bond donors (Lipinski definition) is 1. The zero-order valence-electron chi connectivity index (χ0n) is 18.9. The Labute approximate surface area is 188 Å². The molecule has 1 aromatic heterocycles. The lowest BCUT2D eigenvalue weighted by Crippen LogP contribution is -2.47. The van der Waals surface area contributed by atoms with Crippen molar-refractivity contribution in [1.29, 1.82) is 0 Å². The van der Waals surface area contributed by atoms with Gasteiger partial charge in [0.2, 0.25) is 5.91 Å². The molecule has 1 spiro atoms. The van der Waals surface area contributed by atoms with E-state index in [1.165, 1.54) is 32.0 Å². The molecule has 0 saturated heterocycles. The smallest absolute Gasteiger partial charge is 0.245 e. The van der Waals surface area contributed by atoms with Gasteiger partial charge >= 0.3 is 0 Å². The van der Waals surface area contributed by atoms with Crippen LogP contribution in [0.3, 0.4) is 0 Å². The first-order valence-corrected chi connectivity index (χ1v) is 10.9. The molecule has 0 radical (unpaired) electrons. The maximum absolute atomic E-state index is 12.3. The fourth-order valence-electron chi connectivity index (χ4n) is 4.16. The number of benzene rings is 1. The highest BCUT2D eigenvalue weighted by molar-refractivity contribution is 6.29. The summed E-state index contributed by atoms with van der Waals surface area (Å²) in [5.41, 5.74) is 2.21. The Balaban J connectivity index is 1.19. The minimum absolute atomic E-state index is 0.136. The fourth-order valence-corrected chi connectivity index (χ4v) is 4.16. The topological polar surface area (TPSA) is 98.4 Å². The summed E-state index contributed by atoms with van der Waals surface area (Å²) in [4.78, 5) is 31.5. The number of anilines is 1. The van der Waals surface area contributed by atoms with Gasteiger partial charge in [-0.05, 0) is 49.3 Å². The van der Waals surface area contributed by atoms with Crippen molar-refractivity contribution in [2.45, 2.75) is 31.7 Å². The van der Waals surface area contributed by atoms with Crippen molar-refractivity contribution in [3.05, 3.63) is 30.7 Å². The van der Waals surface area contributed by atoms with Crippen LogP contribution in [0.4, 0.5) is 5.69 Å². The van der Waals surface area contributed by atoms with Gasteiger partial charge in [0, 0.05) is 50.7 Å². The normalized spacial score (nSPS) is 17.8. The van der Waals surface area contributed by atoms with Crippen molar-refractivity contribution in [3.63, 3.8) is 0 Å². The van der Waals surface area contributed by atoms with Crippen molar-refractivity contribution in [1.82, 2.24) is 19.9 Å². The van der Waals surface area contributed by atoms with Crippen LogP contribution in [0, 0.1) is 5.41 Å². The second-order valence-electron chi connectivity index (χ2n) is 8.71. The van der Waals surface area contributed by atoms with Crippen LogP contribution in [-0.4, -0.2) is 84.3 Å². The molecule has 9 nitrogen and oxygen atoms in total. The summed E-state index contributed by atoms with van der Waals surface area (Å²) in [6, 6.07) is 6.11. The van der Waals surface area contributed by atoms with Crippen molar-refractivity contribution in [3.8, 4) is 0 Å². The summed E-state index contributed by atoms with van der Waals surface area (Å²) in [6.07, 6.45) is 12.1. The Kier molecular flexibility index (Phi) is 6.43. The molecule has 0 bridgehead atoms. The Morgan fingerprint density at radius 1 is 1.31 bits per heavy atom. The van der Waals surface area contributed by atoms with Crippen LogP contribution < -0.4 is 5.32 Å². The summed E-state index contributed by atoms with van der Waals surface area (Å²) in [6.45, 7) is 0.565. The molecule has 9 heteroatoms. The molecule has 2 aromatic rings. The number of amides is 1. The molecule has 168 valence electrons. The molecule has 2 fully saturated rings. The lowest BCUT2D eigenvalue weighted by Gasteiger charge is -2.42. The lowest BCUT2D eigenvalue weighted by molar-refractivity contribution is -0.117. The van der Waals surface area contributed by atoms with Crippen LogP contribution in [0.1, 0.15) is 25.7 Å². The van der Waals surface area contributed by atoms with E-state index in [9.17, 15) is 4.79 Å². The predicted octanol–water partition coefficient (Wildman–Crippen LogP) is 2.46. The third-order valence-electron chi connectivity index (χ3n) is 6.27. The third kappa shape index (κ3) is 5.27. The number of hydrazone groups is 1. The average molecular weight is 435 g/mol. The molecule has 32 heavy (non-hydrogen) atoms. The van der Waals surface area contributed by atoms with Crippen LogP contribution in [0.5, 0.6) is 0 Å². The fraction of sp³-hybridized carbons (Fsp3) is 0.478. The van der Waals surface area contributed by atoms with Gasteiger partial charge in [-0.2, -0.15) is 5.10 Å². The first-order chi connectivity index (χ1) is 15.5. The number of carbonyl (C=O) groups is 1. The first kappa shape index (κ1) is 21.9. The van der Waals surface area contributed by atoms with Crippen LogP contribution in [0.2, 0.25) is 0 Å². The average Bonchev–Trinajstić information content (AvgIpc) is 3.56. The summed E-state index contributed by atoms with van der Waals surface area (Å²) in [7, 11) is 5.65. The Bertz CT molecular complexity index is 1050. The van der Waals surface area contributed by atoms with Gasteiger partial charge < -0.3 is 10.2 Å². The number of hydrogen-bond acceptors (Lipinski definition) is 7. The van der Waals surface area contributed by atoms with Gasteiger partial charge in [-0.3, -0.25) is 19.8 Å². The van der Waals surface area contributed by atoms with Crippen molar-refractivity contribution in [2.75, 3.05) is 39.5 Å². The van der Waals surface area contributed by atoms with E-state index in [-0.39, 0.29) is 12.5 Å². The molecule has 2 aliphatic rings. The molecule has 2 aliphatic carbocycles. The molecule has 0 atom stereocenters. The largest absolute Gasteiger partial charge is 0.356 e. The van der Waals surface area contributed by atoms with Crippen molar-refractivity contribution < 1.29 is 4.79 Å². The second kappa shape index (κ2) is 9.42. The molecular formula is C23H30N8O. The van der Waals surface area contributed by atoms with E-state index in [1.54, 1.807) is 37.7 Å². The number of amidine groups is 1. The minimum atomic E-state index is -0.152. The van der Waals surface area contributed by atoms with Crippen LogP contribution in [0.25, 0.3) is 10.9 Å². The maximum atomic E-state index is 12.3. The van der Waals surface area contributed by atoms with E-state index >= 15 is 0 Å². The molecular weight excluding hydrogens is 404 g/mol. The number of aromatic nitrogens is 2. The van der Waals surface area contributed by atoms with Crippen LogP contribution in [-0.2, 0) is 4.79 Å². The molecule has 0 aliphatic heterocycles. The van der Waals surface area contributed by atoms with E-state index in [1.807, 2.05) is 18.2 Å². The molecule has 1 aromatic carbocycles. The molecule has 4 rings (SSSR count). The predicted molar refractivity (Wildman–Crippen MR) is 128 cm³/mol. The van der Waals surface area contributed by atoms with E-state index in [0.29, 0.717) is 23.7 Å². The highest BCUT2D eigenvalue weighted by Crippen LogP contribution is 2.61. The molecule has 0 unspecified atom stereocenters. The van der Waals surface area contributed by atoms with Gasteiger partial charge in [0.15, 0.2) is 0 Å². The Morgan fingerprint density at radius 2 is 2.12 bits per heavy atom. The lowest BCUT2D eigenvalue weighted by atomic mass is 9.76. The second-order valence-corrected chi connectivity index (χ2v) is 8.71. The zero-order chi connectivity index (χ0) is 22.6. The van der Waals surface area contributed by atoms with E-state index in [2.05, 4.69) is 42.3 Å². The third-order valence-corrected chi connectivity index (χ3v) is 6.27. The monoisotopic (exact) mass is 434 g/mol. The van der Waals surface area contributed by atoms with Crippen LogP contribution in [0.15, 0.2) is 45.8 Å². The van der Waals surface area contributed by atoms with Gasteiger partial charge in [0.25, 0.3) is 0 Å². The van der Waals surface area contributed by atoms with Gasteiger partial charge in [0.05, 0.1) is 18.3 Å². The molecule has 1 amide bonds. The van der Waals surface area contributed by atoms with E-state index in [0.717, 1.165) is 16.7 Å². The summed E-state index contributed by atoms with van der Waals surface area (Å²) in [5.74, 6) is 0.743.